The monoisotopic (exact) mass is 320 g/mol. The molecule has 0 saturated heterocycles. The molecule has 0 radical (unpaired) electrons. The van der Waals surface area contributed by atoms with Crippen LogP contribution in [-0.4, -0.2) is 61.6 Å². The molecule has 0 unspecified atom stereocenters. The normalized spacial score (nSPS) is 18.0. The average Bonchev–Trinajstić information content (AvgIpc) is 2.34. The Labute approximate surface area is 125 Å². The van der Waals surface area contributed by atoms with Crippen molar-refractivity contribution in [1.82, 2.24) is 10.2 Å². The number of sulfone groups is 1. The van der Waals surface area contributed by atoms with Crippen molar-refractivity contribution < 1.29 is 23.1 Å². The van der Waals surface area contributed by atoms with Gasteiger partial charge < -0.3 is 15.3 Å². The Morgan fingerprint density at radius 2 is 1.81 bits per heavy atom. The topological polar surface area (TPSA) is 104 Å². The van der Waals surface area contributed by atoms with Crippen LogP contribution in [0.4, 0.5) is 4.79 Å². The molecule has 1 aliphatic rings. The quantitative estimate of drug-likeness (QED) is 0.755. The molecule has 122 valence electrons. The number of aliphatic carboxylic acids is 1. The number of nitrogens with one attached hydrogen (secondary N) is 1. The summed E-state index contributed by atoms with van der Waals surface area (Å²) in [5.41, 5.74) is -0.708. The first-order chi connectivity index (χ1) is 9.64. The second-order valence-corrected chi connectivity index (χ2v) is 8.15. The van der Waals surface area contributed by atoms with Crippen molar-refractivity contribution in [3.63, 3.8) is 0 Å². The van der Waals surface area contributed by atoms with Crippen molar-refractivity contribution in [2.75, 3.05) is 25.6 Å². The van der Waals surface area contributed by atoms with Crippen molar-refractivity contribution in [2.24, 2.45) is 0 Å². The summed E-state index contributed by atoms with van der Waals surface area (Å²) in [5.74, 6) is -1.04. The van der Waals surface area contributed by atoms with Crippen molar-refractivity contribution in [2.45, 2.75) is 44.1 Å². The molecular weight excluding hydrogens is 296 g/mol. The molecule has 1 saturated carbocycles. The molecule has 1 aliphatic carbocycles. The Hall–Kier alpha value is -1.31. The number of rotatable bonds is 6. The van der Waals surface area contributed by atoms with Crippen LogP contribution in [0, 0.1) is 0 Å². The summed E-state index contributed by atoms with van der Waals surface area (Å²) in [7, 11) is -1.62. The highest BCUT2D eigenvalue weighted by atomic mass is 32.2. The van der Waals surface area contributed by atoms with Crippen LogP contribution in [0.2, 0.25) is 0 Å². The zero-order chi connectivity index (χ0) is 16.1. The lowest BCUT2D eigenvalue weighted by molar-refractivity contribution is -0.139. The van der Waals surface area contributed by atoms with E-state index in [9.17, 15) is 18.0 Å². The van der Waals surface area contributed by atoms with E-state index in [2.05, 4.69) is 5.32 Å². The minimum absolute atomic E-state index is 0.0911. The van der Waals surface area contributed by atoms with Crippen molar-refractivity contribution in [3.05, 3.63) is 0 Å². The zero-order valence-corrected chi connectivity index (χ0v) is 13.4. The van der Waals surface area contributed by atoms with Crippen LogP contribution < -0.4 is 5.32 Å². The fraction of sp³-hybridized carbons (Fsp3) is 0.846. The van der Waals surface area contributed by atoms with E-state index in [-0.39, 0.29) is 18.7 Å². The number of urea groups is 1. The lowest BCUT2D eigenvalue weighted by atomic mass is 9.79. The molecule has 0 aromatic carbocycles. The fourth-order valence-corrected chi connectivity index (χ4v) is 3.20. The van der Waals surface area contributed by atoms with Gasteiger partial charge in [-0.1, -0.05) is 19.3 Å². The van der Waals surface area contributed by atoms with Crippen molar-refractivity contribution >= 4 is 21.8 Å². The van der Waals surface area contributed by atoms with Gasteiger partial charge >= 0.3 is 12.0 Å². The fourth-order valence-electron chi connectivity index (χ4n) is 2.59. The van der Waals surface area contributed by atoms with Gasteiger partial charge in [0.2, 0.25) is 0 Å². The van der Waals surface area contributed by atoms with Crippen molar-refractivity contribution in [3.8, 4) is 0 Å². The Kier molecular flexibility index (Phi) is 6.00. The molecule has 0 heterocycles. The Morgan fingerprint density at radius 3 is 2.29 bits per heavy atom. The lowest BCUT2D eigenvalue weighted by Gasteiger charge is -2.38. The average molecular weight is 320 g/mol. The van der Waals surface area contributed by atoms with Crippen LogP contribution >= 0.6 is 0 Å². The molecule has 0 aromatic rings. The van der Waals surface area contributed by atoms with Crippen LogP contribution in [0.25, 0.3) is 0 Å². The second-order valence-electron chi connectivity index (χ2n) is 5.89. The third-order valence-corrected chi connectivity index (χ3v) is 4.74. The van der Waals surface area contributed by atoms with Gasteiger partial charge in [-0.2, -0.15) is 0 Å². The van der Waals surface area contributed by atoms with Gasteiger partial charge in [0.25, 0.3) is 0 Å². The molecule has 0 spiro atoms. The summed E-state index contributed by atoms with van der Waals surface area (Å²) in [5, 5.41) is 11.9. The standard InChI is InChI=1S/C13H24N2O5S/c1-15(8-9-21(2,19)20)12(18)14-13(10-11(16)17)6-4-3-5-7-13/h3-10H2,1-2H3,(H,14,18)(H,16,17). The van der Waals surface area contributed by atoms with E-state index >= 15 is 0 Å². The molecule has 1 rings (SSSR count). The first kappa shape index (κ1) is 17.7. The highest BCUT2D eigenvalue weighted by Gasteiger charge is 2.36. The number of carboxylic acids is 1. The summed E-state index contributed by atoms with van der Waals surface area (Å²) in [4.78, 5) is 24.5. The van der Waals surface area contributed by atoms with E-state index < -0.39 is 27.4 Å². The van der Waals surface area contributed by atoms with Crippen LogP contribution in [-0.2, 0) is 14.6 Å². The number of hydrogen-bond acceptors (Lipinski definition) is 4. The molecule has 2 amide bonds. The third kappa shape index (κ3) is 6.33. The van der Waals surface area contributed by atoms with E-state index in [1.54, 1.807) is 0 Å². The van der Waals surface area contributed by atoms with E-state index in [0.29, 0.717) is 12.8 Å². The van der Waals surface area contributed by atoms with Crippen LogP contribution in [0.3, 0.4) is 0 Å². The highest BCUT2D eigenvalue weighted by molar-refractivity contribution is 7.90. The van der Waals surface area contributed by atoms with Crippen LogP contribution in [0.5, 0.6) is 0 Å². The predicted molar refractivity (Wildman–Crippen MR) is 78.9 cm³/mol. The van der Waals surface area contributed by atoms with Gasteiger partial charge in [0.05, 0.1) is 17.7 Å². The van der Waals surface area contributed by atoms with Gasteiger partial charge in [-0.3, -0.25) is 4.79 Å². The molecule has 0 atom stereocenters. The molecule has 8 heteroatoms. The van der Waals surface area contributed by atoms with Crippen molar-refractivity contribution in [1.29, 1.82) is 0 Å². The largest absolute Gasteiger partial charge is 0.481 e. The molecule has 7 nitrogen and oxygen atoms in total. The highest BCUT2D eigenvalue weighted by Crippen LogP contribution is 2.31. The Bertz CT molecular complexity index is 483. The summed E-state index contributed by atoms with van der Waals surface area (Å²) < 4.78 is 22.2. The Balaban J connectivity index is 2.65. The van der Waals surface area contributed by atoms with Gasteiger partial charge in [0.15, 0.2) is 0 Å². The number of nitrogens with zero attached hydrogens (tertiary/aromatic N) is 1. The summed E-state index contributed by atoms with van der Waals surface area (Å²) in [6.07, 6.45) is 5.13. The zero-order valence-electron chi connectivity index (χ0n) is 12.6. The maximum Gasteiger partial charge on any atom is 0.317 e. The molecule has 2 N–H and O–H groups in total. The van der Waals surface area contributed by atoms with Crippen LogP contribution in [0.15, 0.2) is 0 Å². The third-order valence-electron chi connectivity index (χ3n) is 3.82. The number of carbonyl (C=O) groups is 2. The van der Waals surface area contributed by atoms with Gasteiger partial charge in [-0.25, -0.2) is 13.2 Å². The molecule has 1 fully saturated rings. The second kappa shape index (κ2) is 7.11. The smallest absolute Gasteiger partial charge is 0.317 e. The molecular formula is C13H24N2O5S. The number of carbonyl (C=O) groups excluding carboxylic acids is 1. The van der Waals surface area contributed by atoms with E-state index in [1.807, 2.05) is 0 Å². The molecule has 0 aliphatic heterocycles. The summed E-state index contributed by atoms with van der Waals surface area (Å²) in [6, 6.07) is -0.415. The first-order valence-electron chi connectivity index (χ1n) is 7.06. The maximum atomic E-state index is 12.1. The number of carboxylic acid groups (broad SMARTS) is 1. The van der Waals surface area contributed by atoms with Crippen LogP contribution in [0.1, 0.15) is 38.5 Å². The molecule has 0 bridgehead atoms. The van der Waals surface area contributed by atoms with Gasteiger partial charge in [0, 0.05) is 19.8 Å². The van der Waals surface area contributed by atoms with Gasteiger partial charge in [0.1, 0.15) is 9.84 Å². The van der Waals surface area contributed by atoms with Gasteiger partial charge in [-0.15, -0.1) is 0 Å². The molecule has 21 heavy (non-hydrogen) atoms. The van der Waals surface area contributed by atoms with E-state index in [0.717, 1.165) is 25.5 Å². The van der Waals surface area contributed by atoms with Gasteiger partial charge in [-0.05, 0) is 12.8 Å². The SMILES string of the molecule is CN(CCS(C)(=O)=O)C(=O)NC1(CC(=O)O)CCCCC1. The minimum atomic E-state index is -3.14. The lowest BCUT2D eigenvalue weighted by Crippen LogP contribution is -2.55. The summed E-state index contributed by atoms with van der Waals surface area (Å²) in [6.45, 7) is 0.0911. The van der Waals surface area contributed by atoms with E-state index in [4.69, 9.17) is 5.11 Å². The first-order valence-corrected chi connectivity index (χ1v) is 9.12. The predicted octanol–water partition coefficient (Wildman–Crippen LogP) is 0.850. The minimum Gasteiger partial charge on any atom is -0.481 e. The number of hydrogen-bond donors (Lipinski definition) is 2. The molecule has 0 aromatic heterocycles. The van der Waals surface area contributed by atoms with E-state index in [1.165, 1.54) is 11.9 Å². The maximum absolute atomic E-state index is 12.1. The Morgan fingerprint density at radius 1 is 1.24 bits per heavy atom. The number of amides is 2. The summed E-state index contributed by atoms with van der Waals surface area (Å²) >= 11 is 0.